The number of rotatable bonds is 4. The van der Waals surface area contributed by atoms with Gasteiger partial charge < -0.3 is 5.32 Å². The van der Waals surface area contributed by atoms with E-state index in [4.69, 9.17) is 0 Å². The van der Waals surface area contributed by atoms with E-state index in [0.717, 1.165) is 30.0 Å². The lowest BCUT2D eigenvalue weighted by Crippen LogP contribution is -2.02. The Hall–Kier alpha value is -1.91. The summed E-state index contributed by atoms with van der Waals surface area (Å²) in [6.45, 7) is 3.02. The molecule has 2 aromatic rings. The van der Waals surface area contributed by atoms with E-state index in [9.17, 15) is 0 Å². The summed E-state index contributed by atoms with van der Waals surface area (Å²) in [6, 6.07) is 0. The third-order valence-electron chi connectivity index (χ3n) is 2.19. The summed E-state index contributed by atoms with van der Waals surface area (Å²) in [6.07, 6.45) is 8.25. The minimum atomic E-state index is 0.809. The predicted molar refractivity (Wildman–Crippen MR) is 63.0 cm³/mol. The maximum absolute atomic E-state index is 4.47. The zero-order valence-corrected chi connectivity index (χ0v) is 9.51. The van der Waals surface area contributed by atoms with Crippen molar-refractivity contribution in [3.8, 4) is 11.3 Å². The summed E-state index contributed by atoms with van der Waals surface area (Å²) in [4.78, 5) is 8.63. The Bertz CT molecular complexity index is 463. The van der Waals surface area contributed by atoms with Crippen LogP contribution in [0.25, 0.3) is 11.3 Å². The quantitative estimate of drug-likeness (QED) is 0.846. The van der Waals surface area contributed by atoms with Crippen molar-refractivity contribution >= 4 is 5.82 Å². The van der Waals surface area contributed by atoms with E-state index in [0.29, 0.717) is 0 Å². The molecule has 0 unspecified atom stereocenters. The molecule has 2 rings (SSSR count). The highest BCUT2D eigenvalue weighted by molar-refractivity contribution is 5.57. The van der Waals surface area contributed by atoms with E-state index in [1.165, 1.54) is 0 Å². The zero-order valence-electron chi connectivity index (χ0n) is 9.51. The number of hydrogen-bond acceptors (Lipinski definition) is 4. The molecule has 0 atom stereocenters. The van der Waals surface area contributed by atoms with Crippen LogP contribution in [0.15, 0.2) is 24.8 Å². The van der Waals surface area contributed by atoms with Crippen molar-refractivity contribution in [2.75, 3.05) is 11.9 Å². The largest absolute Gasteiger partial charge is 0.369 e. The molecule has 0 aliphatic heterocycles. The van der Waals surface area contributed by atoms with Gasteiger partial charge in [0.15, 0.2) is 0 Å². The van der Waals surface area contributed by atoms with E-state index < -0.39 is 0 Å². The van der Waals surface area contributed by atoms with E-state index >= 15 is 0 Å². The fourth-order valence-corrected chi connectivity index (χ4v) is 1.40. The fourth-order valence-electron chi connectivity index (χ4n) is 1.40. The Kier molecular flexibility index (Phi) is 3.14. The Morgan fingerprint density at radius 3 is 2.88 bits per heavy atom. The van der Waals surface area contributed by atoms with Crippen molar-refractivity contribution in [3.05, 3.63) is 24.8 Å². The lowest BCUT2D eigenvalue weighted by molar-refractivity contribution is 0.768. The zero-order chi connectivity index (χ0) is 11.4. The molecule has 0 aliphatic rings. The second-order valence-corrected chi connectivity index (χ2v) is 3.62. The first kappa shape index (κ1) is 10.6. The van der Waals surface area contributed by atoms with Crippen LogP contribution in [0.5, 0.6) is 0 Å². The van der Waals surface area contributed by atoms with E-state index in [1.54, 1.807) is 23.3 Å². The van der Waals surface area contributed by atoms with Crippen molar-refractivity contribution in [1.82, 2.24) is 19.7 Å². The van der Waals surface area contributed by atoms with E-state index in [2.05, 4.69) is 27.3 Å². The van der Waals surface area contributed by atoms with Crippen LogP contribution in [-0.2, 0) is 7.05 Å². The molecule has 0 saturated heterocycles. The smallest absolute Gasteiger partial charge is 0.145 e. The van der Waals surface area contributed by atoms with Crippen molar-refractivity contribution in [2.45, 2.75) is 13.3 Å². The Morgan fingerprint density at radius 1 is 1.31 bits per heavy atom. The molecule has 2 heterocycles. The molecule has 0 bridgehead atoms. The SMILES string of the molecule is CCCNc1cncc(-c2cnn(C)c2)n1. The van der Waals surface area contributed by atoms with Crippen molar-refractivity contribution in [3.63, 3.8) is 0 Å². The molecule has 0 aliphatic carbocycles. The number of nitrogens with one attached hydrogen (secondary N) is 1. The standard InChI is InChI=1S/C11H15N5/c1-3-4-13-11-7-12-6-10(15-11)9-5-14-16(2)8-9/h5-8H,3-4H2,1-2H3,(H,13,15). The van der Waals surface area contributed by atoms with Crippen LogP contribution in [-0.4, -0.2) is 26.3 Å². The van der Waals surface area contributed by atoms with Gasteiger partial charge in [-0.25, -0.2) is 4.98 Å². The maximum Gasteiger partial charge on any atom is 0.145 e. The average Bonchev–Trinajstić information content (AvgIpc) is 2.74. The monoisotopic (exact) mass is 217 g/mol. The van der Waals surface area contributed by atoms with Gasteiger partial charge in [-0.1, -0.05) is 6.92 Å². The van der Waals surface area contributed by atoms with Crippen LogP contribution < -0.4 is 5.32 Å². The maximum atomic E-state index is 4.47. The molecule has 0 fully saturated rings. The van der Waals surface area contributed by atoms with Gasteiger partial charge in [-0.15, -0.1) is 0 Å². The van der Waals surface area contributed by atoms with Gasteiger partial charge in [0, 0.05) is 25.4 Å². The van der Waals surface area contributed by atoms with Crippen LogP contribution in [0, 0.1) is 0 Å². The van der Waals surface area contributed by atoms with Gasteiger partial charge >= 0.3 is 0 Å². The summed E-state index contributed by atoms with van der Waals surface area (Å²) in [5.74, 6) is 0.809. The Labute approximate surface area is 94.5 Å². The summed E-state index contributed by atoms with van der Waals surface area (Å²) in [5, 5.41) is 7.32. The molecule has 2 aromatic heterocycles. The second-order valence-electron chi connectivity index (χ2n) is 3.62. The predicted octanol–water partition coefficient (Wildman–Crippen LogP) is 1.70. The first-order valence-electron chi connectivity index (χ1n) is 5.34. The topological polar surface area (TPSA) is 55.6 Å². The van der Waals surface area contributed by atoms with Gasteiger partial charge in [-0.05, 0) is 6.42 Å². The molecular formula is C11H15N5. The first-order chi connectivity index (χ1) is 7.79. The number of aromatic nitrogens is 4. The van der Waals surface area contributed by atoms with Crippen molar-refractivity contribution in [2.24, 2.45) is 7.05 Å². The number of hydrogen-bond donors (Lipinski definition) is 1. The van der Waals surface area contributed by atoms with Gasteiger partial charge in [0.1, 0.15) is 5.82 Å². The molecule has 0 saturated carbocycles. The highest BCUT2D eigenvalue weighted by atomic mass is 15.2. The summed E-state index contributed by atoms with van der Waals surface area (Å²) in [7, 11) is 1.89. The fraction of sp³-hybridized carbons (Fsp3) is 0.364. The summed E-state index contributed by atoms with van der Waals surface area (Å²) >= 11 is 0. The number of anilines is 1. The normalized spacial score (nSPS) is 10.4. The van der Waals surface area contributed by atoms with Crippen molar-refractivity contribution < 1.29 is 0 Å². The summed E-state index contributed by atoms with van der Waals surface area (Å²) < 4.78 is 1.75. The van der Waals surface area contributed by atoms with Crippen molar-refractivity contribution in [1.29, 1.82) is 0 Å². The van der Waals surface area contributed by atoms with Gasteiger partial charge in [0.05, 0.1) is 24.3 Å². The van der Waals surface area contributed by atoms with Crippen LogP contribution >= 0.6 is 0 Å². The Balaban J connectivity index is 2.22. The van der Waals surface area contributed by atoms with Gasteiger partial charge in [-0.3, -0.25) is 9.67 Å². The number of aryl methyl sites for hydroxylation is 1. The highest BCUT2D eigenvalue weighted by Gasteiger charge is 2.03. The molecule has 16 heavy (non-hydrogen) atoms. The van der Waals surface area contributed by atoms with Crippen LogP contribution in [0.3, 0.4) is 0 Å². The molecule has 84 valence electrons. The van der Waals surface area contributed by atoms with E-state index in [1.807, 2.05) is 13.2 Å². The first-order valence-corrected chi connectivity index (χ1v) is 5.34. The molecule has 0 amide bonds. The summed E-state index contributed by atoms with van der Waals surface area (Å²) in [5.41, 5.74) is 1.82. The minimum Gasteiger partial charge on any atom is -0.369 e. The lowest BCUT2D eigenvalue weighted by atomic mass is 10.3. The highest BCUT2D eigenvalue weighted by Crippen LogP contribution is 2.16. The minimum absolute atomic E-state index is 0.809. The van der Waals surface area contributed by atoms with Gasteiger partial charge in [0.2, 0.25) is 0 Å². The molecule has 0 spiro atoms. The third-order valence-corrected chi connectivity index (χ3v) is 2.19. The van der Waals surface area contributed by atoms with Crippen LogP contribution in [0.1, 0.15) is 13.3 Å². The van der Waals surface area contributed by atoms with Crippen LogP contribution in [0.2, 0.25) is 0 Å². The molecule has 1 N–H and O–H groups in total. The van der Waals surface area contributed by atoms with Gasteiger partial charge in [-0.2, -0.15) is 5.10 Å². The molecule has 5 heteroatoms. The van der Waals surface area contributed by atoms with Crippen LogP contribution in [0.4, 0.5) is 5.82 Å². The molecule has 0 aromatic carbocycles. The molecule has 0 radical (unpaired) electrons. The Morgan fingerprint density at radius 2 is 2.19 bits per heavy atom. The molecular weight excluding hydrogens is 202 g/mol. The third kappa shape index (κ3) is 2.36. The second kappa shape index (κ2) is 4.74. The molecule has 5 nitrogen and oxygen atoms in total. The number of nitrogens with zero attached hydrogens (tertiary/aromatic N) is 4. The van der Waals surface area contributed by atoms with Gasteiger partial charge in [0.25, 0.3) is 0 Å². The van der Waals surface area contributed by atoms with E-state index in [-0.39, 0.29) is 0 Å². The average molecular weight is 217 g/mol. The lowest BCUT2D eigenvalue weighted by Gasteiger charge is -2.04.